The fraction of sp³-hybridized carbons (Fsp3) is 0.565. The Kier molecular flexibility index (Phi) is 8.39. The maximum atomic E-state index is 15.5. The van der Waals surface area contributed by atoms with E-state index >= 15 is 4.39 Å². The van der Waals surface area contributed by atoms with Gasteiger partial charge in [0.05, 0.1) is 25.5 Å². The zero-order valence-electron chi connectivity index (χ0n) is 20.2. The maximum absolute atomic E-state index is 15.5. The molecule has 2 heterocycles. The van der Waals surface area contributed by atoms with Crippen LogP contribution >= 0.6 is 0 Å². The summed E-state index contributed by atoms with van der Waals surface area (Å²) in [6, 6.07) is 4.84. The van der Waals surface area contributed by atoms with Crippen LogP contribution in [0.15, 0.2) is 30.6 Å². The topological polar surface area (TPSA) is 106 Å². The molecule has 1 saturated carbocycles. The fourth-order valence-electron chi connectivity index (χ4n) is 4.74. The van der Waals surface area contributed by atoms with Gasteiger partial charge in [0, 0.05) is 19.1 Å². The first kappa shape index (κ1) is 27.3. The number of nitrogens with one attached hydrogen (secondary N) is 2. The molecule has 1 aliphatic heterocycles. The molecule has 1 saturated heterocycles. The van der Waals surface area contributed by atoms with Gasteiger partial charge in [0.1, 0.15) is 12.1 Å². The van der Waals surface area contributed by atoms with Crippen LogP contribution in [0, 0.1) is 11.7 Å². The zero-order valence-corrected chi connectivity index (χ0v) is 21.0. The molecule has 0 radical (unpaired) electrons. The number of aromatic nitrogens is 2. The summed E-state index contributed by atoms with van der Waals surface area (Å²) in [5.41, 5.74) is 0.626. The van der Waals surface area contributed by atoms with Crippen molar-refractivity contribution in [3.8, 4) is 5.75 Å². The van der Waals surface area contributed by atoms with Crippen molar-refractivity contribution in [3.63, 3.8) is 0 Å². The number of hydrogen-bond donors (Lipinski definition) is 2. The number of alkyl halides is 3. The van der Waals surface area contributed by atoms with Crippen LogP contribution < -0.4 is 19.7 Å². The van der Waals surface area contributed by atoms with Crippen molar-refractivity contribution >= 4 is 21.7 Å². The lowest BCUT2D eigenvalue weighted by Crippen LogP contribution is -2.40. The Labute approximate surface area is 212 Å². The van der Waals surface area contributed by atoms with Gasteiger partial charge in [0.2, 0.25) is 15.8 Å². The minimum absolute atomic E-state index is 0.0561. The molecule has 1 atom stereocenters. The SMILES string of the molecule is CS(=O)(=O)NC1CCC(CNc2ncnc(N3CCOCC3c3ccc(OC(F)(F)F)cc3)c2F)CC1. The molecule has 2 aromatic rings. The molecule has 0 amide bonds. The second kappa shape index (κ2) is 11.4. The van der Waals surface area contributed by atoms with E-state index in [1.807, 2.05) is 0 Å². The first-order valence-corrected chi connectivity index (χ1v) is 13.8. The summed E-state index contributed by atoms with van der Waals surface area (Å²) in [6.45, 7) is 1.35. The third-order valence-corrected chi connectivity index (χ3v) is 7.22. The normalized spacial score (nSPS) is 23.1. The Morgan fingerprint density at radius 3 is 2.49 bits per heavy atom. The molecular weight excluding hydrogens is 518 g/mol. The number of benzene rings is 1. The molecule has 37 heavy (non-hydrogen) atoms. The van der Waals surface area contributed by atoms with Crippen molar-refractivity contribution in [3.05, 3.63) is 42.0 Å². The standard InChI is InChI=1S/C23H29F4N5O4S/c1-37(33,34)31-17-6-2-15(3-7-17)12-28-21-20(24)22(30-14-29-21)32-10-11-35-13-19(32)16-4-8-18(9-5-16)36-23(25,26)27/h4-5,8-9,14-15,17,19,31H,2-3,6-7,10-13H2,1H3,(H,28,29,30). The second-order valence-electron chi connectivity index (χ2n) is 9.25. The van der Waals surface area contributed by atoms with Crippen molar-refractivity contribution in [1.29, 1.82) is 0 Å². The average molecular weight is 548 g/mol. The van der Waals surface area contributed by atoms with Gasteiger partial charge >= 0.3 is 6.36 Å². The molecule has 204 valence electrons. The lowest BCUT2D eigenvalue weighted by molar-refractivity contribution is -0.274. The summed E-state index contributed by atoms with van der Waals surface area (Å²) in [4.78, 5) is 9.92. The Morgan fingerprint density at radius 1 is 1.14 bits per heavy atom. The Balaban J connectivity index is 1.42. The third kappa shape index (κ3) is 7.65. The van der Waals surface area contributed by atoms with Crippen LogP contribution in [-0.4, -0.2) is 63.3 Å². The third-order valence-electron chi connectivity index (χ3n) is 6.46. The highest BCUT2D eigenvalue weighted by molar-refractivity contribution is 7.88. The number of halogens is 4. The van der Waals surface area contributed by atoms with Crippen molar-refractivity contribution in [1.82, 2.24) is 14.7 Å². The highest BCUT2D eigenvalue weighted by Gasteiger charge is 2.32. The molecule has 2 aliphatic rings. The number of sulfonamides is 1. The summed E-state index contributed by atoms with van der Waals surface area (Å²) in [5, 5.41) is 3.06. The number of rotatable bonds is 8. The largest absolute Gasteiger partial charge is 0.573 e. The zero-order chi connectivity index (χ0) is 26.6. The van der Waals surface area contributed by atoms with Crippen LogP contribution in [0.3, 0.4) is 0 Å². The van der Waals surface area contributed by atoms with E-state index in [-0.39, 0.29) is 36.0 Å². The maximum Gasteiger partial charge on any atom is 0.573 e. The number of anilines is 2. The van der Waals surface area contributed by atoms with Gasteiger partial charge in [-0.1, -0.05) is 12.1 Å². The van der Waals surface area contributed by atoms with Crippen molar-refractivity contribution in [2.45, 2.75) is 44.1 Å². The van der Waals surface area contributed by atoms with Gasteiger partial charge in [-0.2, -0.15) is 4.39 Å². The summed E-state index contributed by atoms with van der Waals surface area (Å²) in [5.74, 6) is -0.605. The van der Waals surface area contributed by atoms with Crippen LogP contribution in [0.2, 0.25) is 0 Å². The molecule has 0 spiro atoms. The van der Waals surface area contributed by atoms with E-state index in [1.165, 1.54) is 30.6 Å². The highest BCUT2D eigenvalue weighted by Crippen LogP contribution is 2.33. The van der Waals surface area contributed by atoms with Crippen LogP contribution in [0.5, 0.6) is 5.75 Å². The van der Waals surface area contributed by atoms with Crippen molar-refractivity contribution in [2.24, 2.45) is 5.92 Å². The van der Waals surface area contributed by atoms with Gasteiger partial charge < -0.3 is 19.7 Å². The summed E-state index contributed by atoms with van der Waals surface area (Å²) in [7, 11) is -3.25. The predicted molar refractivity (Wildman–Crippen MR) is 128 cm³/mol. The van der Waals surface area contributed by atoms with E-state index in [0.717, 1.165) is 19.1 Å². The molecular formula is C23H29F4N5O4S. The Bertz CT molecular complexity index is 1160. The first-order chi connectivity index (χ1) is 17.5. The molecule has 2 N–H and O–H groups in total. The molecule has 1 unspecified atom stereocenters. The number of morpholine rings is 1. The van der Waals surface area contributed by atoms with Crippen LogP contribution in [0.1, 0.15) is 37.3 Å². The number of hydrogen-bond acceptors (Lipinski definition) is 8. The van der Waals surface area contributed by atoms with Crippen LogP contribution in [0.25, 0.3) is 0 Å². The Hall–Kier alpha value is -2.71. The minimum atomic E-state index is -4.79. The molecule has 4 rings (SSSR count). The molecule has 14 heteroatoms. The number of nitrogens with zero attached hydrogens (tertiary/aromatic N) is 3. The van der Waals surface area contributed by atoms with E-state index in [0.29, 0.717) is 38.1 Å². The molecule has 0 bridgehead atoms. The predicted octanol–water partition coefficient (Wildman–Crippen LogP) is 3.61. The van der Waals surface area contributed by atoms with E-state index in [2.05, 4.69) is 24.7 Å². The quantitative estimate of drug-likeness (QED) is 0.483. The van der Waals surface area contributed by atoms with Gasteiger partial charge in [-0.3, -0.25) is 0 Å². The monoisotopic (exact) mass is 547 g/mol. The molecule has 1 aromatic carbocycles. The molecule has 1 aromatic heterocycles. The fourth-order valence-corrected chi connectivity index (χ4v) is 5.58. The first-order valence-electron chi connectivity index (χ1n) is 11.9. The van der Waals surface area contributed by atoms with E-state index in [1.54, 1.807) is 4.90 Å². The van der Waals surface area contributed by atoms with Gasteiger partial charge in [0.15, 0.2) is 11.6 Å². The molecule has 1 aliphatic carbocycles. The molecule has 2 fully saturated rings. The minimum Gasteiger partial charge on any atom is -0.406 e. The molecule has 9 nitrogen and oxygen atoms in total. The Morgan fingerprint density at radius 2 is 1.84 bits per heavy atom. The van der Waals surface area contributed by atoms with Gasteiger partial charge in [-0.25, -0.2) is 23.1 Å². The summed E-state index contributed by atoms with van der Waals surface area (Å²) >= 11 is 0. The van der Waals surface area contributed by atoms with Gasteiger partial charge in [-0.05, 0) is 49.3 Å². The lowest BCUT2D eigenvalue weighted by atomic mass is 9.86. The van der Waals surface area contributed by atoms with Crippen molar-refractivity contribution < 1.29 is 35.5 Å². The van der Waals surface area contributed by atoms with E-state index in [4.69, 9.17) is 4.74 Å². The van der Waals surface area contributed by atoms with Crippen molar-refractivity contribution in [2.75, 3.05) is 42.8 Å². The second-order valence-corrected chi connectivity index (χ2v) is 11.0. The summed E-state index contributed by atoms with van der Waals surface area (Å²) in [6.07, 6.45) is 0.616. The van der Waals surface area contributed by atoms with Crippen LogP contribution in [0.4, 0.5) is 29.2 Å². The average Bonchev–Trinajstić information content (AvgIpc) is 2.83. The van der Waals surface area contributed by atoms with E-state index in [9.17, 15) is 21.6 Å². The van der Waals surface area contributed by atoms with Crippen LogP contribution in [-0.2, 0) is 14.8 Å². The van der Waals surface area contributed by atoms with Gasteiger partial charge in [-0.15, -0.1) is 13.2 Å². The van der Waals surface area contributed by atoms with E-state index < -0.39 is 28.2 Å². The van der Waals surface area contributed by atoms with Gasteiger partial charge in [0.25, 0.3) is 0 Å². The lowest BCUT2D eigenvalue weighted by Gasteiger charge is -2.37. The summed E-state index contributed by atoms with van der Waals surface area (Å²) < 4.78 is 87.9. The number of ether oxygens (including phenoxy) is 2. The highest BCUT2D eigenvalue weighted by atomic mass is 32.2. The smallest absolute Gasteiger partial charge is 0.406 e.